The van der Waals surface area contributed by atoms with Gasteiger partial charge in [0, 0.05) is 12.5 Å². The van der Waals surface area contributed by atoms with Crippen molar-refractivity contribution in [2.24, 2.45) is 0 Å². The molecule has 2 aromatic rings. The fourth-order valence-electron chi connectivity index (χ4n) is 2.93. The molecule has 4 nitrogen and oxygen atoms in total. The van der Waals surface area contributed by atoms with Crippen molar-refractivity contribution < 1.29 is 14.6 Å². The number of rotatable bonds is 3. The minimum atomic E-state index is -0.659. The quantitative estimate of drug-likeness (QED) is 0.884. The van der Waals surface area contributed by atoms with Crippen molar-refractivity contribution >= 4 is 11.6 Å². The lowest BCUT2D eigenvalue weighted by molar-refractivity contribution is -0.126. The number of nitrogens with zero attached hydrogens (tertiary/aromatic N) is 1. The molecule has 0 bridgehead atoms. The maximum atomic E-state index is 12.8. The average Bonchev–Trinajstić information content (AvgIpc) is 2.55. The fourth-order valence-corrected chi connectivity index (χ4v) is 2.93. The summed E-state index contributed by atoms with van der Waals surface area (Å²) in [5.41, 5.74) is 3.99. The van der Waals surface area contributed by atoms with Gasteiger partial charge in [0.05, 0.1) is 12.2 Å². The number of aromatic hydroxyl groups is 1. The normalized spacial score (nSPS) is 16.3. The zero-order valence-electron chi connectivity index (χ0n) is 13.7. The number of hydrogen-bond acceptors (Lipinski definition) is 3. The predicted octanol–water partition coefficient (Wildman–Crippen LogP) is 2.98. The van der Waals surface area contributed by atoms with Crippen molar-refractivity contribution in [2.75, 3.05) is 11.4 Å². The Labute approximate surface area is 141 Å². The number of phenolic OH excluding ortho intramolecular Hbond substituents is 1. The number of amides is 1. The zero-order valence-corrected chi connectivity index (χ0v) is 13.7. The van der Waals surface area contributed by atoms with Crippen LogP contribution in [0, 0.1) is 26.2 Å². The van der Waals surface area contributed by atoms with Gasteiger partial charge in [-0.05, 0) is 42.7 Å². The van der Waals surface area contributed by atoms with Gasteiger partial charge < -0.3 is 9.84 Å². The van der Waals surface area contributed by atoms with Gasteiger partial charge in [0.2, 0.25) is 0 Å². The lowest BCUT2D eigenvalue weighted by Gasteiger charge is -2.33. The first-order chi connectivity index (χ1) is 11.5. The van der Waals surface area contributed by atoms with Crippen molar-refractivity contribution in [3.63, 3.8) is 0 Å². The molecule has 0 spiro atoms. The Kier molecular flexibility index (Phi) is 4.18. The van der Waals surface area contributed by atoms with Crippen LogP contribution in [0.3, 0.4) is 0 Å². The van der Waals surface area contributed by atoms with Crippen LogP contribution in [-0.4, -0.2) is 23.7 Å². The number of phenols is 1. The van der Waals surface area contributed by atoms with Gasteiger partial charge in [0.1, 0.15) is 11.5 Å². The Morgan fingerprint density at radius 1 is 1.29 bits per heavy atom. The molecule has 1 aliphatic heterocycles. The van der Waals surface area contributed by atoms with Gasteiger partial charge in [-0.15, -0.1) is 6.42 Å². The first-order valence-corrected chi connectivity index (χ1v) is 7.81. The van der Waals surface area contributed by atoms with Crippen molar-refractivity contribution in [3.8, 4) is 23.8 Å². The number of fused-ring (bicyclic) bond motifs is 1. The van der Waals surface area contributed by atoms with E-state index < -0.39 is 6.10 Å². The summed E-state index contributed by atoms with van der Waals surface area (Å²) in [6, 6.07) is 10.7. The summed E-state index contributed by atoms with van der Waals surface area (Å²) in [6.45, 7) is 4.25. The van der Waals surface area contributed by atoms with Crippen LogP contribution in [0.2, 0.25) is 0 Å². The van der Waals surface area contributed by atoms with Crippen LogP contribution in [0.5, 0.6) is 11.5 Å². The van der Waals surface area contributed by atoms with Gasteiger partial charge in [0.25, 0.3) is 5.91 Å². The summed E-state index contributed by atoms with van der Waals surface area (Å²) in [7, 11) is 0. The second-order valence-corrected chi connectivity index (χ2v) is 5.95. The lowest BCUT2D eigenvalue weighted by atomic mass is 9.97. The second kappa shape index (κ2) is 6.29. The van der Waals surface area contributed by atoms with E-state index in [4.69, 9.17) is 11.2 Å². The third kappa shape index (κ3) is 2.81. The van der Waals surface area contributed by atoms with Crippen LogP contribution in [0.25, 0.3) is 0 Å². The number of anilines is 1. The molecule has 2 aromatic carbocycles. The van der Waals surface area contributed by atoms with Crippen LogP contribution in [-0.2, 0) is 11.2 Å². The van der Waals surface area contributed by atoms with Gasteiger partial charge in [0.15, 0.2) is 6.10 Å². The highest BCUT2D eigenvalue weighted by Gasteiger charge is 2.34. The van der Waals surface area contributed by atoms with E-state index in [-0.39, 0.29) is 18.2 Å². The molecule has 1 unspecified atom stereocenters. The molecule has 4 heteroatoms. The third-order valence-electron chi connectivity index (χ3n) is 4.42. The number of hydrogen-bond donors (Lipinski definition) is 1. The highest BCUT2D eigenvalue weighted by molar-refractivity contribution is 6.00. The number of ether oxygens (including phenoxy) is 1. The Morgan fingerprint density at radius 2 is 2.08 bits per heavy atom. The summed E-state index contributed by atoms with van der Waals surface area (Å²) >= 11 is 0. The van der Waals surface area contributed by atoms with Crippen molar-refractivity contribution in [1.29, 1.82) is 0 Å². The van der Waals surface area contributed by atoms with Gasteiger partial charge in [-0.1, -0.05) is 24.1 Å². The van der Waals surface area contributed by atoms with Crippen LogP contribution in [0.1, 0.15) is 16.7 Å². The molecule has 1 aliphatic rings. The van der Waals surface area contributed by atoms with E-state index in [1.165, 1.54) is 22.6 Å². The highest BCUT2D eigenvalue weighted by Crippen LogP contribution is 2.37. The summed E-state index contributed by atoms with van der Waals surface area (Å²) in [4.78, 5) is 14.3. The molecule has 1 heterocycles. The van der Waals surface area contributed by atoms with Crippen LogP contribution < -0.4 is 9.64 Å². The van der Waals surface area contributed by atoms with Crippen LogP contribution >= 0.6 is 0 Å². The molecular formula is C20H19NO3. The number of carbonyl (C=O) groups excluding carboxylic acids is 1. The van der Waals surface area contributed by atoms with E-state index in [1.54, 1.807) is 6.07 Å². The van der Waals surface area contributed by atoms with E-state index in [0.717, 1.165) is 11.1 Å². The van der Waals surface area contributed by atoms with E-state index in [2.05, 4.69) is 5.92 Å². The summed E-state index contributed by atoms with van der Waals surface area (Å²) < 4.78 is 5.88. The Hall–Kier alpha value is -2.93. The molecule has 1 amide bonds. The number of aryl methyl sites for hydroxylation is 1. The van der Waals surface area contributed by atoms with E-state index >= 15 is 0 Å². The minimum Gasteiger partial charge on any atom is -0.508 e. The topological polar surface area (TPSA) is 49.8 Å². The number of terminal acetylenes is 1. The molecule has 0 radical (unpaired) electrons. The van der Waals surface area contributed by atoms with Gasteiger partial charge in [-0.2, -0.15) is 0 Å². The Balaban J connectivity index is 1.96. The number of benzene rings is 2. The molecule has 0 aromatic heterocycles. The van der Waals surface area contributed by atoms with E-state index in [0.29, 0.717) is 17.9 Å². The molecular weight excluding hydrogens is 302 g/mol. The van der Waals surface area contributed by atoms with Gasteiger partial charge in [-0.3, -0.25) is 9.69 Å². The third-order valence-corrected chi connectivity index (χ3v) is 4.42. The molecule has 0 saturated carbocycles. The fraction of sp³-hybridized carbons (Fsp3) is 0.250. The molecule has 122 valence electrons. The molecule has 0 fully saturated rings. The second-order valence-electron chi connectivity index (χ2n) is 5.95. The van der Waals surface area contributed by atoms with Crippen LogP contribution in [0.15, 0.2) is 36.4 Å². The highest BCUT2D eigenvalue weighted by atomic mass is 16.5. The standard InChI is InChI=1S/C20H19NO3/c1-4-10-21-17-9-8-16(22)12-18(17)24-19(20(21)23)11-15-7-5-6-13(2)14(15)3/h1,5-9,12,19,22H,10-11H2,2-3H3. The van der Waals surface area contributed by atoms with Crippen molar-refractivity contribution in [2.45, 2.75) is 26.4 Å². The maximum absolute atomic E-state index is 12.8. The average molecular weight is 321 g/mol. The van der Waals surface area contributed by atoms with Crippen LogP contribution in [0.4, 0.5) is 5.69 Å². The van der Waals surface area contributed by atoms with E-state index in [9.17, 15) is 9.90 Å². The lowest BCUT2D eigenvalue weighted by Crippen LogP contribution is -2.47. The van der Waals surface area contributed by atoms with E-state index in [1.807, 2.05) is 32.0 Å². The first-order valence-electron chi connectivity index (χ1n) is 7.81. The smallest absolute Gasteiger partial charge is 0.269 e. The zero-order chi connectivity index (χ0) is 17.3. The maximum Gasteiger partial charge on any atom is 0.269 e. The molecule has 24 heavy (non-hydrogen) atoms. The summed E-state index contributed by atoms with van der Waals surface area (Å²) in [5.74, 6) is 2.92. The summed E-state index contributed by atoms with van der Waals surface area (Å²) in [6.07, 6.45) is 5.22. The van der Waals surface area contributed by atoms with Gasteiger partial charge >= 0.3 is 0 Å². The van der Waals surface area contributed by atoms with Crippen molar-refractivity contribution in [3.05, 3.63) is 53.1 Å². The molecule has 3 rings (SSSR count). The Bertz CT molecular complexity index is 835. The van der Waals surface area contributed by atoms with Gasteiger partial charge in [-0.25, -0.2) is 0 Å². The Morgan fingerprint density at radius 3 is 2.83 bits per heavy atom. The molecule has 1 N–H and O–H groups in total. The SMILES string of the molecule is C#CCN1C(=O)C(Cc2cccc(C)c2C)Oc2cc(O)ccc21. The van der Waals surface area contributed by atoms with Crippen molar-refractivity contribution in [1.82, 2.24) is 0 Å². The predicted molar refractivity (Wildman–Crippen MR) is 93.3 cm³/mol. The largest absolute Gasteiger partial charge is 0.508 e. The number of carbonyl (C=O) groups is 1. The minimum absolute atomic E-state index is 0.0919. The monoisotopic (exact) mass is 321 g/mol. The molecule has 0 saturated heterocycles. The molecule has 1 atom stereocenters. The molecule has 0 aliphatic carbocycles. The first kappa shape index (κ1) is 15.9. The summed E-state index contributed by atoms with van der Waals surface area (Å²) in [5, 5.41) is 9.70.